The van der Waals surface area contributed by atoms with Gasteiger partial charge in [-0.25, -0.2) is 4.98 Å². The maximum absolute atomic E-state index is 5.67. The molecule has 0 saturated heterocycles. The third-order valence-electron chi connectivity index (χ3n) is 2.00. The third kappa shape index (κ3) is 4.10. The second-order valence-corrected chi connectivity index (χ2v) is 4.39. The van der Waals surface area contributed by atoms with Crippen molar-refractivity contribution < 1.29 is 0 Å². The van der Waals surface area contributed by atoms with Crippen LogP contribution in [0.15, 0.2) is 5.38 Å². The van der Waals surface area contributed by atoms with Crippen molar-refractivity contribution in [3.05, 3.63) is 16.1 Å². The van der Waals surface area contributed by atoms with Gasteiger partial charge in [-0.1, -0.05) is 26.2 Å². The van der Waals surface area contributed by atoms with Crippen LogP contribution in [0.5, 0.6) is 0 Å². The van der Waals surface area contributed by atoms with Crippen LogP contribution in [0.1, 0.15) is 43.3 Å². The van der Waals surface area contributed by atoms with Crippen LogP contribution in [0.2, 0.25) is 0 Å². The van der Waals surface area contributed by atoms with Crippen LogP contribution in [0.3, 0.4) is 0 Å². The fourth-order valence-corrected chi connectivity index (χ4v) is 2.18. The van der Waals surface area contributed by atoms with Crippen molar-refractivity contribution in [2.24, 2.45) is 0 Å². The number of nitrogens with zero attached hydrogens (tertiary/aromatic N) is 1. The van der Waals surface area contributed by atoms with Gasteiger partial charge in [0.1, 0.15) is 5.01 Å². The van der Waals surface area contributed by atoms with Crippen LogP contribution in [-0.2, 0) is 12.3 Å². The molecular formula is C10H16ClNS. The summed E-state index contributed by atoms with van der Waals surface area (Å²) >= 11 is 7.34. The van der Waals surface area contributed by atoms with Crippen molar-refractivity contribution in [3.8, 4) is 0 Å². The van der Waals surface area contributed by atoms with Crippen LogP contribution >= 0.6 is 22.9 Å². The number of aromatic nitrogens is 1. The molecule has 0 aliphatic rings. The highest BCUT2D eigenvalue weighted by atomic mass is 35.5. The first-order valence-corrected chi connectivity index (χ1v) is 6.27. The highest BCUT2D eigenvalue weighted by Crippen LogP contribution is 2.14. The molecule has 1 nitrogen and oxygen atoms in total. The summed E-state index contributed by atoms with van der Waals surface area (Å²) in [4.78, 5) is 4.41. The Morgan fingerprint density at radius 2 is 2.23 bits per heavy atom. The third-order valence-corrected chi connectivity index (χ3v) is 3.31. The molecule has 0 unspecified atom stereocenters. The topological polar surface area (TPSA) is 12.9 Å². The smallest absolute Gasteiger partial charge is 0.108 e. The minimum atomic E-state index is 0.555. The zero-order valence-corrected chi connectivity index (χ0v) is 9.63. The van der Waals surface area contributed by atoms with Gasteiger partial charge >= 0.3 is 0 Å². The van der Waals surface area contributed by atoms with E-state index in [2.05, 4.69) is 17.3 Å². The summed E-state index contributed by atoms with van der Waals surface area (Å²) in [5.74, 6) is 0.555. The first kappa shape index (κ1) is 11.0. The van der Waals surface area contributed by atoms with Crippen molar-refractivity contribution in [2.45, 2.75) is 44.9 Å². The Kier molecular flexibility index (Phi) is 5.40. The monoisotopic (exact) mass is 217 g/mol. The second-order valence-electron chi connectivity index (χ2n) is 3.18. The summed E-state index contributed by atoms with van der Waals surface area (Å²) in [5, 5.41) is 3.18. The normalized spacial score (nSPS) is 10.6. The lowest BCUT2D eigenvalue weighted by atomic mass is 10.1. The molecule has 0 aromatic carbocycles. The number of thiazole rings is 1. The number of halogens is 1. The van der Waals surface area contributed by atoms with Crippen molar-refractivity contribution in [2.75, 3.05) is 0 Å². The van der Waals surface area contributed by atoms with Crippen LogP contribution in [0.25, 0.3) is 0 Å². The summed E-state index contributed by atoms with van der Waals surface area (Å²) < 4.78 is 0. The van der Waals surface area contributed by atoms with Gasteiger partial charge in [0.25, 0.3) is 0 Å². The second kappa shape index (κ2) is 6.39. The number of hydrogen-bond donors (Lipinski definition) is 0. The van der Waals surface area contributed by atoms with E-state index >= 15 is 0 Å². The molecule has 0 atom stereocenters. The molecule has 1 aromatic rings. The van der Waals surface area contributed by atoms with E-state index in [0.29, 0.717) is 5.88 Å². The molecule has 13 heavy (non-hydrogen) atoms. The number of rotatable bonds is 6. The van der Waals surface area contributed by atoms with E-state index in [1.165, 1.54) is 31.4 Å². The Morgan fingerprint density at radius 3 is 2.85 bits per heavy atom. The molecule has 0 aliphatic heterocycles. The summed E-state index contributed by atoms with van der Waals surface area (Å²) in [6.07, 6.45) is 6.34. The molecule has 0 spiro atoms. The number of hydrogen-bond acceptors (Lipinski definition) is 2. The predicted octanol–water partition coefficient (Wildman–Crippen LogP) is 4.00. The molecule has 0 aliphatic carbocycles. The fraction of sp³-hybridized carbons (Fsp3) is 0.700. The van der Waals surface area contributed by atoms with Crippen LogP contribution in [-0.4, -0.2) is 4.98 Å². The summed E-state index contributed by atoms with van der Waals surface area (Å²) in [5.41, 5.74) is 1.22. The Morgan fingerprint density at radius 1 is 1.38 bits per heavy atom. The number of aryl methyl sites for hydroxylation is 1. The Hall–Kier alpha value is -0.0800. The zero-order valence-electron chi connectivity index (χ0n) is 8.05. The SMILES string of the molecule is CCCCCCc1csc(CCl)n1. The number of alkyl halides is 1. The largest absolute Gasteiger partial charge is 0.245 e. The molecule has 0 saturated carbocycles. The molecule has 0 amide bonds. The van der Waals surface area contributed by atoms with Crippen molar-refractivity contribution in [1.29, 1.82) is 0 Å². The maximum atomic E-state index is 5.67. The first-order valence-electron chi connectivity index (χ1n) is 4.86. The summed E-state index contributed by atoms with van der Waals surface area (Å²) in [7, 11) is 0. The molecule has 74 valence electrons. The summed E-state index contributed by atoms with van der Waals surface area (Å²) in [6, 6.07) is 0. The standard InChI is InChI=1S/C10H16ClNS/c1-2-3-4-5-6-9-8-13-10(7-11)12-9/h8H,2-7H2,1H3. The van der Waals surface area contributed by atoms with Gasteiger partial charge in [0.05, 0.1) is 11.6 Å². The lowest BCUT2D eigenvalue weighted by Crippen LogP contribution is -1.86. The Labute approximate surface area is 89.1 Å². The average molecular weight is 218 g/mol. The van der Waals surface area contributed by atoms with Crippen molar-refractivity contribution >= 4 is 22.9 Å². The predicted molar refractivity (Wildman–Crippen MR) is 59.5 cm³/mol. The lowest BCUT2D eigenvalue weighted by molar-refractivity contribution is 0.661. The van der Waals surface area contributed by atoms with Gasteiger partial charge in [-0.15, -0.1) is 22.9 Å². The molecule has 0 N–H and O–H groups in total. The van der Waals surface area contributed by atoms with E-state index in [1.54, 1.807) is 11.3 Å². The molecule has 1 rings (SSSR count). The zero-order chi connectivity index (χ0) is 9.52. The van der Waals surface area contributed by atoms with Gasteiger partial charge in [-0.3, -0.25) is 0 Å². The fourth-order valence-electron chi connectivity index (χ4n) is 1.26. The summed E-state index contributed by atoms with van der Waals surface area (Å²) in [6.45, 7) is 2.23. The van der Waals surface area contributed by atoms with E-state index in [-0.39, 0.29) is 0 Å². The Bertz CT molecular complexity index is 235. The first-order chi connectivity index (χ1) is 6.36. The van der Waals surface area contributed by atoms with E-state index in [9.17, 15) is 0 Å². The van der Waals surface area contributed by atoms with E-state index in [1.807, 2.05) is 0 Å². The van der Waals surface area contributed by atoms with Crippen LogP contribution in [0, 0.1) is 0 Å². The van der Waals surface area contributed by atoms with Crippen molar-refractivity contribution in [3.63, 3.8) is 0 Å². The minimum Gasteiger partial charge on any atom is -0.245 e. The van der Waals surface area contributed by atoms with Gasteiger partial charge in [-0.05, 0) is 12.8 Å². The number of unbranched alkanes of at least 4 members (excludes halogenated alkanes) is 3. The molecule has 0 bridgehead atoms. The van der Waals surface area contributed by atoms with Gasteiger partial charge in [0, 0.05) is 5.38 Å². The average Bonchev–Trinajstić information content (AvgIpc) is 2.60. The maximum Gasteiger partial charge on any atom is 0.108 e. The van der Waals surface area contributed by atoms with Crippen LogP contribution in [0.4, 0.5) is 0 Å². The lowest BCUT2D eigenvalue weighted by Gasteiger charge is -1.95. The molecule has 1 heterocycles. The van der Waals surface area contributed by atoms with E-state index < -0.39 is 0 Å². The van der Waals surface area contributed by atoms with Gasteiger partial charge < -0.3 is 0 Å². The molecule has 0 radical (unpaired) electrons. The highest BCUT2D eigenvalue weighted by Gasteiger charge is 1.99. The molecule has 3 heteroatoms. The quantitative estimate of drug-likeness (QED) is 0.519. The molecule has 1 aromatic heterocycles. The van der Waals surface area contributed by atoms with Crippen molar-refractivity contribution in [1.82, 2.24) is 4.98 Å². The minimum absolute atomic E-state index is 0.555. The highest BCUT2D eigenvalue weighted by molar-refractivity contribution is 7.09. The Balaban J connectivity index is 2.20. The van der Waals surface area contributed by atoms with Crippen LogP contribution < -0.4 is 0 Å². The van der Waals surface area contributed by atoms with Gasteiger partial charge in [0.15, 0.2) is 0 Å². The van der Waals surface area contributed by atoms with Gasteiger partial charge in [0.2, 0.25) is 0 Å². The van der Waals surface area contributed by atoms with E-state index in [0.717, 1.165) is 11.4 Å². The van der Waals surface area contributed by atoms with E-state index in [4.69, 9.17) is 11.6 Å². The molecular weight excluding hydrogens is 202 g/mol. The van der Waals surface area contributed by atoms with Gasteiger partial charge in [-0.2, -0.15) is 0 Å². The molecule has 0 fully saturated rings.